The first-order valence-corrected chi connectivity index (χ1v) is 8.58. The van der Waals surface area contributed by atoms with Gasteiger partial charge in [-0.3, -0.25) is 4.72 Å². The number of hydrogen-bond acceptors (Lipinski definition) is 4. The zero-order valence-corrected chi connectivity index (χ0v) is 14.5. The van der Waals surface area contributed by atoms with Crippen molar-refractivity contribution in [3.8, 4) is 0 Å². The summed E-state index contributed by atoms with van der Waals surface area (Å²) in [5.74, 6) is -0.597. The number of esters is 1. The second-order valence-electron chi connectivity index (χ2n) is 5.04. The standard InChI is InChI=1S/C16H16ClNO4S/c1-10-5-7-13(17)9-14(10)18-23(20,21)15-8-12(16(19)22-3)6-4-11(15)2/h4-9,18H,1-3H3. The van der Waals surface area contributed by atoms with Gasteiger partial charge in [0.25, 0.3) is 10.0 Å². The maximum atomic E-state index is 12.6. The summed E-state index contributed by atoms with van der Waals surface area (Å²) in [5, 5.41) is 0.424. The second kappa shape index (κ2) is 6.60. The molecule has 0 fully saturated rings. The summed E-state index contributed by atoms with van der Waals surface area (Å²) >= 11 is 5.91. The molecule has 0 saturated heterocycles. The molecule has 2 aromatic carbocycles. The van der Waals surface area contributed by atoms with Gasteiger partial charge in [0.2, 0.25) is 0 Å². The topological polar surface area (TPSA) is 72.5 Å². The largest absolute Gasteiger partial charge is 0.465 e. The van der Waals surface area contributed by atoms with Crippen LogP contribution in [0.15, 0.2) is 41.3 Å². The van der Waals surface area contributed by atoms with E-state index in [0.717, 1.165) is 5.56 Å². The molecule has 0 aliphatic carbocycles. The van der Waals surface area contributed by atoms with E-state index in [1.54, 1.807) is 32.0 Å². The number of rotatable bonds is 4. The Morgan fingerprint density at radius 1 is 1.09 bits per heavy atom. The lowest BCUT2D eigenvalue weighted by Crippen LogP contribution is -2.16. The molecule has 5 nitrogen and oxygen atoms in total. The first kappa shape index (κ1) is 17.3. The van der Waals surface area contributed by atoms with E-state index < -0.39 is 16.0 Å². The van der Waals surface area contributed by atoms with Gasteiger partial charge >= 0.3 is 5.97 Å². The molecular formula is C16H16ClNO4S. The predicted octanol–water partition coefficient (Wildman–Crippen LogP) is 3.54. The Bertz CT molecular complexity index is 862. The average molecular weight is 354 g/mol. The van der Waals surface area contributed by atoms with Gasteiger partial charge in [-0.05, 0) is 49.2 Å². The molecular weight excluding hydrogens is 338 g/mol. The van der Waals surface area contributed by atoms with E-state index in [4.69, 9.17) is 11.6 Å². The van der Waals surface area contributed by atoms with Crippen LogP contribution in [0.1, 0.15) is 21.5 Å². The minimum Gasteiger partial charge on any atom is -0.465 e. The fourth-order valence-corrected chi connectivity index (χ4v) is 3.60. The van der Waals surface area contributed by atoms with Crippen LogP contribution in [0.5, 0.6) is 0 Å². The van der Waals surface area contributed by atoms with Crippen LogP contribution in [-0.2, 0) is 14.8 Å². The van der Waals surface area contributed by atoms with Gasteiger partial charge in [0.15, 0.2) is 0 Å². The maximum absolute atomic E-state index is 12.6. The third kappa shape index (κ3) is 3.83. The van der Waals surface area contributed by atoms with E-state index in [2.05, 4.69) is 9.46 Å². The Morgan fingerprint density at radius 2 is 1.74 bits per heavy atom. The van der Waals surface area contributed by atoms with Crippen molar-refractivity contribution in [2.45, 2.75) is 18.7 Å². The van der Waals surface area contributed by atoms with E-state index in [-0.39, 0.29) is 10.5 Å². The van der Waals surface area contributed by atoms with E-state index in [1.165, 1.54) is 25.3 Å². The molecule has 0 atom stereocenters. The zero-order chi connectivity index (χ0) is 17.2. The minimum absolute atomic E-state index is 0.0137. The fraction of sp³-hybridized carbons (Fsp3) is 0.188. The van der Waals surface area contributed by atoms with Gasteiger partial charge in [0.1, 0.15) is 0 Å². The van der Waals surface area contributed by atoms with Crippen molar-refractivity contribution >= 4 is 33.3 Å². The van der Waals surface area contributed by atoms with Crippen molar-refractivity contribution in [3.63, 3.8) is 0 Å². The molecule has 0 radical (unpaired) electrons. The van der Waals surface area contributed by atoms with E-state index in [0.29, 0.717) is 16.3 Å². The highest BCUT2D eigenvalue weighted by atomic mass is 35.5. The lowest BCUT2D eigenvalue weighted by Gasteiger charge is -2.13. The summed E-state index contributed by atoms with van der Waals surface area (Å²) in [4.78, 5) is 11.6. The van der Waals surface area contributed by atoms with Gasteiger partial charge in [0.05, 0.1) is 23.3 Å². The number of carbonyl (C=O) groups excluding carboxylic acids is 1. The summed E-state index contributed by atoms with van der Waals surface area (Å²) in [7, 11) is -2.62. The number of carbonyl (C=O) groups is 1. The normalized spacial score (nSPS) is 11.1. The molecule has 0 unspecified atom stereocenters. The van der Waals surface area contributed by atoms with Crippen molar-refractivity contribution < 1.29 is 17.9 Å². The van der Waals surface area contributed by atoms with Gasteiger partial charge in [-0.15, -0.1) is 0 Å². The average Bonchev–Trinajstić information content (AvgIpc) is 2.50. The Kier molecular flexibility index (Phi) is 4.97. The van der Waals surface area contributed by atoms with Gasteiger partial charge < -0.3 is 4.74 Å². The maximum Gasteiger partial charge on any atom is 0.337 e. The molecule has 1 N–H and O–H groups in total. The molecule has 2 rings (SSSR count). The first-order valence-electron chi connectivity index (χ1n) is 6.72. The number of ether oxygens (including phenoxy) is 1. The highest BCUT2D eigenvalue weighted by Crippen LogP contribution is 2.25. The lowest BCUT2D eigenvalue weighted by molar-refractivity contribution is 0.0600. The zero-order valence-electron chi connectivity index (χ0n) is 12.9. The molecule has 7 heteroatoms. The fourth-order valence-electron chi connectivity index (χ4n) is 2.04. The predicted molar refractivity (Wildman–Crippen MR) is 89.5 cm³/mol. The SMILES string of the molecule is COC(=O)c1ccc(C)c(S(=O)(=O)Nc2cc(Cl)ccc2C)c1. The summed E-state index contributed by atoms with van der Waals surface area (Å²) in [5.41, 5.74) is 1.81. The number of halogens is 1. The van der Waals surface area contributed by atoms with Crippen molar-refractivity contribution in [3.05, 3.63) is 58.1 Å². The van der Waals surface area contributed by atoms with Crippen LogP contribution >= 0.6 is 11.6 Å². The molecule has 0 spiro atoms. The number of anilines is 1. The van der Waals surface area contributed by atoms with Crippen LogP contribution < -0.4 is 4.72 Å². The number of methoxy groups -OCH3 is 1. The molecule has 0 saturated carbocycles. The van der Waals surface area contributed by atoms with Gasteiger partial charge in [-0.1, -0.05) is 23.7 Å². The first-order chi connectivity index (χ1) is 10.7. The molecule has 122 valence electrons. The second-order valence-corrected chi connectivity index (χ2v) is 7.12. The van der Waals surface area contributed by atoms with Crippen molar-refractivity contribution in [1.29, 1.82) is 0 Å². The molecule has 0 bridgehead atoms. The Hall–Kier alpha value is -2.05. The van der Waals surface area contributed by atoms with Crippen LogP contribution in [0, 0.1) is 13.8 Å². The van der Waals surface area contributed by atoms with Gasteiger partial charge in [0, 0.05) is 5.02 Å². The Morgan fingerprint density at radius 3 is 2.39 bits per heavy atom. The highest BCUT2D eigenvalue weighted by Gasteiger charge is 2.20. The van der Waals surface area contributed by atoms with Crippen molar-refractivity contribution in [2.75, 3.05) is 11.8 Å². The van der Waals surface area contributed by atoms with Gasteiger partial charge in [-0.25, -0.2) is 13.2 Å². The van der Waals surface area contributed by atoms with E-state index in [1.807, 2.05) is 0 Å². The lowest BCUT2D eigenvalue weighted by atomic mass is 10.1. The van der Waals surface area contributed by atoms with Crippen LogP contribution in [0.4, 0.5) is 5.69 Å². The number of benzene rings is 2. The summed E-state index contributed by atoms with van der Waals surface area (Å²) in [6.07, 6.45) is 0. The Labute approximate surface area is 140 Å². The molecule has 23 heavy (non-hydrogen) atoms. The monoisotopic (exact) mass is 353 g/mol. The van der Waals surface area contributed by atoms with Crippen LogP contribution in [0.2, 0.25) is 5.02 Å². The summed E-state index contributed by atoms with van der Waals surface area (Å²) in [6, 6.07) is 9.31. The molecule has 0 aliphatic heterocycles. The minimum atomic E-state index is -3.86. The molecule has 0 amide bonds. The number of aryl methyl sites for hydroxylation is 2. The Balaban J connectivity index is 2.47. The smallest absolute Gasteiger partial charge is 0.337 e. The molecule has 0 heterocycles. The number of sulfonamides is 1. The van der Waals surface area contributed by atoms with Crippen molar-refractivity contribution in [1.82, 2.24) is 0 Å². The molecule has 0 aliphatic rings. The highest BCUT2D eigenvalue weighted by molar-refractivity contribution is 7.92. The third-order valence-corrected chi connectivity index (χ3v) is 5.09. The number of nitrogens with one attached hydrogen (secondary N) is 1. The third-order valence-electron chi connectivity index (χ3n) is 3.34. The van der Waals surface area contributed by atoms with E-state index in [9.17, 15) is 13.2 Å². The molecule has 0 aromatic heterocycles. The van der Waals surface area contributed by atoms with E-state index >= 15 is 0 Å². The summed E-state index contributed by atoms with van der Waals surface area (Å²) in [6.45, 7) is 3.42. The number of hydrogen-bond donors (Lipinski definition) is 1. The van der Waals surface area contributed by atoms with Crippen LogP contribution in [0.25, 0.3) is 0 Å². The van der Waals surface area contributed by atoms with Crippen LogP contribution in [0.3, 0.4) is 0 Å². The summed E-state index contributed by atoms with van der Waals surface area (Å²) < 4.78 is 32.4. The van der Waals surface area contributed by atoms with Gasteiger partial charge in [-0.2, -0.15) is 0 Å². The van der Waals surface area contributed by atoms with Crippen LogP contribution in [-0.4, -0.2) is 21.5 Å². The van der Waals surface area contributed by atoms with Crippen molar-refractivity contribution in [2.24, 2.45) is 0 Å². The quantitative estimate of drug-likeness (QED) is 0.853. The molecule has 2 aromatic rings.